The van der Waals surface area contributed by atoms with Crippen molar-refractivity contribution in [2.75, 3.05) is 31.6 Å². The lowest BCUT2D eigenvalue weighted by Crippen LogP contribution is -2.39. The van der Waals surface area contributed by atoms with E-state index in [2.05, 4.69) is 9.88 Å². The fraction of sp³-hybridized carbons (Fsp3) is 0.478. The molecule has 0 aliphatic carbocycles. The Balaban J connectivity index is 1.48. The van der Waals surface area contributed by atoms with Crippen LogP contribution in [0.4, 0.5) is 10.2 Å². The molecule has 0 unspecified atom stereocenters. The predicted octanol–water partition coefficient (Wildman–Crippen LogP) is 2.49. The van der Waals surface area contributed by atoms with Crippen LogP contribution < -0.4 is 15.4 Å². The van der Waals surface area contributed by atoms with Gasteiger partial charge in [0.1, 0.15) is 5.82 Å². The highest BCUT2D eigenvalue weighted by Crippen LogP contribution is 2.33. The fourth-order valence-electron chi connectivity index (χ4n) is 4.79. The van der Waals surface area contributed by atoms with Crippen LogP contribution in [-0.4, -0.2) is 63.2 Å². The summed E-state index contributed by atoms with van der Waals surface area (Å²) in [7, 11) is 1.44. The van der Waals surface area contributed by atoms with Crippen LogP contribution >= 0.6 is 0 Å². The monoisotopic (exact) mass is 453 g/mol. The number of nitrogens with two attached hydrogens (primary N) is 1. The van der Waals surface area contributed by atoms with Crippen LogP contribution in [0.5, 0.6) is 5.88 Å². The molecule has 9 nitrogen and oxygen atoms in total. The smallest absolute Gasteiger partial charge is 0.276 e. The number of anilines is 1. The fourth-order valence-corrected chi connectivity index (χ4v) is 4.79. The highest BCUT2D eigenvalue weighted by molar-refractivity contribution is 5.93. The van der Waals surface area contributed by atoms with Gasteiger partial charge in [-0.3, -0.25) is 4.79 Å². The van der Waals surface area contributed by atoms with E-state index >= 15 is 0 Å². The number of hydrogen-bond acceptors (Lipinski definition) is 7. The van der Waals surface area contributed by atoms with Crippen molar-refractivity contribution >= 4 is 17.4 Å². The molecule has 174 valence electrons. The Labute approximate surface area is 191 Å². The molecule has 0 radical (unpaired) electrons. The molecule has 33 heavy (non-hydrogen) atoms. The molecule has 5 heterocycles. The van der Waals surface area contributed by atoms with Gasteiger partial charge in [0.25, 0.3) is 5.91 Å². The molecular formula is C23H28FN7O2. The average molecular weight is 454 g/mol. The molecule has 2 N–H and O–H groups in total. The molecule has 2 aliphatic heterocycles. The Bertz CT molecular complexity index is 1200. The van der Waals surface area contributed by atoms with Gasteiger partial charge in [-0.1, -0.05) is 0 Å². The van der Waals surface area contributed by atoms with Gasteiger partial charge in [-0.15, -0.1) is 0 Å². The molecule has 0 spiro atoms. The number of halogens is 1. The van der Waals surface area contributed by atoms with Gasteiger partial charge >= 0.3 is 0 Å². The topological polar surface area (TPSA) is 102 Å². The Morgan fingerprint density at radius 3 is 2.82 bits per heavy atom. The minimum absolute atomic E-state index is 0.162. The Hall–Kier alpha value is -3.27. The summed E-state index contributed by atoms with van der Waals surface area (Å²) in [5.41, 5.74) is 8.33. The molecular weight excluding hydrogens is 425 g/mol. The first-order valence-corrected chi connectivity index (χ1v) is 11.3. The van der Waals surface area contributed by atoms with Crippen LogP contribution in [0.3, 0.4) is 0 Å². The Morgan fingerprint density at radius 1 is 1.21 bits per heavy atom. The maximum Gasteiger partial charge on any atom is 0.276 e. The molecule has 0 bridgehead atoms. The third-order valence-corrected chi connectivity index (χ3v) is 6.49. The van der Waals surface area contributed by atoms with E-state index in [9.17, 15) is 9.18 Å². The zero-order valence-corrected chi connectivity index (χ0v) is 18.9. The molecule has 2 saturated heterocycles. The zero-order chi connectivity index (χ0) is 23.1. The van der Waals surface area contributed by atoms with Crippen molar-refractivity contribution in [3.63, 3.8) is 0 Å². The number of likely N-dealkylation sites (tertiary alicyclic amines) is 1. The summed E-state index contributed by atoms with van der Waals surface area (Å²) in [5, 5.41) is 4.74. The van der Waals surface area contributed by atoms with Crippen molar-refractivity contribution in [3.05, 3.63) is 47.2 Å². The number of fused-ring (bicyclic) bond motifs is 1. The third-order valence-electron chi connectivity index (χ3n) is 6.49. The lowest BCUT2D eigenvalue weighted by molar-refractivity contribution is 0.0593. The van der Waals surface area contributed by atoms with E-state index in [-0.39, 0.29) is 23.7 Å². The molecule has 1 amide bonds. The van der Waals surface area contributed by atoms with Crippen LogP contribution in [0.15, 0.2) is 24.4 Å². The number of amides is 1. The third kappa shape index (κ3) is 3.99. The zero-order valence-electron chi connectivity index (χ0n) is 18.9. The molecule has 3 aromatic rings. The lowest BCUT2D eigenvalue weighted by atomic mass is 9.99. The van der Waals surface area contributed by atoms with Crippen LogP contribution in [-0.2, 0) is 0 Å². The summed E-state index contributed by atoms with van der Waals surface area (Å²) < 4.78 is 21.3. The predicted molar refractivity (Wildman–Crippen MR) is 121 cm³/mol. The van der Waals surface area contributed by atoms with Gasteiger partial charge in [-0.05, 0) is 38.7 Å². The molecule has 3 aromatic heterocycles. The van der Waals surface area contributed by atoms with Crippen molar-refractivity contribution in [3.8, 4) is 5.88 Å². The van der Waals surface area contributed by atoms with Crippen molar-refractivity contribution in [1.82, 2.24) is 24.5 Å². The first kappa shape index (κ1) is 21.6. The normalized spacial score (nSPS) is 21.1. The van der Waals surface area contributed by atoms with Crippen molar-refractivity contribution in [1.29, 1.82) is 0 Å². The second-order valence-electron chi connectivity index (χ2n) is 8.81. The van der Waals surface area contributed by atoms with Crippen LogP contribution in [0.2, 0.25) is 0 Å². The number of pyridine rings is 1. The van der Waals surface area contributed by atoms with E-state index < -0.39 is 11.7 Å². The van der Waals surface area contributed by atoms with Crippen LogP contribution in [0.25, 0.3) is 5.65 Å². The van der Waals surface area contributed by atoms with Crippen LogP contribution in [0, 0.1) is 12.7 Å². The lowest BCUT2D eigenvalue weighted by Gasteiger charge is -2.34. The minimum Gasteiger partial charge on any atom is -0.481 e. The summed E-state index contributed by atoms with van der Waals surface area (Å²) in [6.07, 6.45) is 5.46. The summed E-state index contributed by atoms with van der Waals surface area (Å²) in [6, 6.07) is 4.42. The van der Waals surface area contributed by atoms with Gasteiger partial charge in [0, 0.05) is 49.6 Å². The Morgan fingerprint density at radius 2 is 2.06 bits per heavy atom. The number of aromatic nitrogens is 4. The standard InChI is InChI=1S/C23H28FN7O2/c1-14-12-31-19(26-22(14)29-10-8-15(25)13-29)11-17(28-31)18-5-3-4-9-30(18)23(32)21-16(24)6-7-20(27-21)33-2/h6-7,11-12,15,18H,3-5,8-10,13,25H2,1-2H3/t15-,18-/m0/s1. The van der Waals surface area contributed by atoms with E-state index in [1.54, 1.807) is 9.42 Å². The summed E-state index contributed by atoms with van der Waals surface area (Å²) >= 11 is 0. The SMILES string of the molecule is COc1ccc(F)c(C(=O)N2CCCC[C@H]2c2cc3nc(N4CC[C@H](N)C4)c(C)cn3n2)n1. The van der Waals surface area contributed by atoms with Crippen molar-refractivity contribution in [2.24, 2.45) is 5.73 Å². The Kier molecular flexibility index (Phi) is 5.61. The molecule has 0 saturated carbocycles. The van der Waals surface area contributed by atoms with E-state index in [4.69, 9.17) is 20.6 Å². The number of hydrogen-bond donors (Lipinski definition) is 1. The molecule has 2 fully saturated rings. The van der Waals surface area contributed by atoms with Crippen molar-refractivity contribution < 1.29 is 13.9 Å². The van der Waals surface area contributed by atoms with Gasteiger partial charge in [-0.2, -0.15) is 5.10 Å². The number of carbonyl (C=O) groups excluding carboxylic acids is 1. The van der Waals surface area contributed by atoms with E-state index in [1.165, 1.54) is 19.2 Å². The van der Waals surface area contributed by atoms with Gasteiger partial charge in [-0.25, -0.2) is 18.9 Å². The van der Waals surface area contributed by atoms with E-state index in [0.29, 0.717) is 6.54 Å². The molecule has 2 aliphatic rings. The van der Waals surface area contributed by atoms with Crippen molar-refractivity contribution in [2.45, 2.75) is 44.7 Å². The maximum absolute atomic E-state index is 14.5. The molecule has 10 heteroatoms. The molecule has 0 aromatic carbocycles. The van der Waals surface area contributed by atoms with E-state index in [1.807, 2.05) is 19.2 Å². The largest absolute Gasteiger partial charge is 0.481 e. The summed E-state index contributed by atoms with van der Waals surface area (Å²) in [6.45, 7) is 4.20. The summed E-state index contributed by atoms with van der Waals surface area (Å²) in [4.78, 5) is 26.1. The number of rotatable bonds is 4. The maximum atomic E-state index is 14.5. The highest BCUT2D eigenvalue weighted by atomic mass is 19.1. The number of carbonyl (C=O) groups is 1. The summed E-state index contributed by atoms with van der Waals surface area (Å²) in [5.74, 6) is 0.00548. The number of ether oxygens (including phenoxy) is 1. The van der Waals surface area contributed by atoms with E-state index in [0.717, 1.165) is 61.5 Å². The number of aryl methyl sites for hydroxylation is 1. The van der Waals surface area contributed by atoms with Gasteiger partial charge in [0.15, 0.2) is 17.2 Å². The number of methoxy groups -OCH3 is 1. The molecule has 5 rings (SSSR count). The number of piperidine rings is 1. The van der Waals surface area contributed by atoms with Gasteiger partial charge < -0.3 is 20.3 Å². The quantitative estimate of drug-likeness (QED) is 0.648. The van der Waals surface area contributed by atoms with Crippen LogP contribution in [0.1, 0.15) is 53.5 Å². The first-order valence-electron chi connectivity index (χ1n) is 11.3. The van der Waals surface area contributed by atoms with Gasteiger partial charge in [0.05, 0.1) is 18.8 Å². The van der Waals surface area contributed by atoms with Gasteiger partial charge in [0.2, 0.25) is 5.88 Å². The molecule has 2 atom stereocenters. The highest BCUT2D eigenvalue weighted by Gasteiger charge is 2.33. The second kappa shape index (κ2) is 8.58. The second-order valence-corrected chi connectivity index (χ2v) is 8.81. The average Bonchev–Trinajstić information content (AvgIpc) is 3.44. The number of nitrogens with zero attached hydrogens (tertiary/aromatic N) is 6. The first-order chi connectivity index (χ1) is 15.9. The minimum atomic E-state index is -0.661.